The van der Waals surface area contributed by atoms with E-state index in [4.69, 9.17) is 0 Å². The van der Waals surface area contributed by atoms with Crippen molar-refractivity contribution >= 4 is 29.3 Å². The van der Waals surface area contributed by atoms with Crippen LogP contribution in [0.1, 0.15) is 38.5 Å². The lowest BCUT2D eigenvalue weighted by Gasteiger charge is -2.30. The van der Waals surface area contributed by atoms with Crippen LogP contribution in [-0.2, 0) is 9.59 Å². The summed E-state index contributed by atoms with van der Waals surface area (Å²) < 4.78 is 0. The Bertz CT molecular complexity index is 572. The third-order valence-electron chi connectivity index (χ3n) is 4.31. The number of hydrogen-bond acceptors (Lipinski definition) is 4. The Morgan fingerprint density at radius 2 is 2.18 bits per heavy atom. The van der Waals surface area contributed by atoms with Crippen LogP contribution < -0.4 is 10.2 Å². The molecule has 1 fully saturated rings. The van der Waals surface area contributed by atoms with Crippen LogP contribution in [0.5, 0.6) is 0 Å². The van der Waals surface area contributed by atoms with Gasteiger partial charge in [0.15, 0.2) is 0 Å². The molecule has 1 aliphatic carbocycles. The molecule has 6 heteroatoms. The summed E-state index contributed by atoms with van der Waals surface area (Å²) in [6.07, 6.45) is 7.68. The maximum Gasteiger partial charge on any atom is 0.240 e. The van der Waals surface area contributed by atoms with Gasteiger partial charge in [-0.3, -0.25) is 9.59 Å². The molecule has 0 bridgehead atoms. The van der Waals surface area contributed by atoms with E-state index in [1.54, 1.807) is 18.1 Å². The molecule has 1 aromatic rings. The Hall–Kier alpha value is -1.56. The van der Waals surface area contributed by atoms with Crippen molar-refractivity contribution in [1.82, 2.24) is 10.3 Å². The van der Waals surface area contributed by atoms with Crippen LogP contribution >= 0.6 is 11.8 Å². The molecule has 2 aliphatic rings. The molecule has 1 unspecified atom stereocenters. The molecule has 2 heterocycles. The van der Waals surface area contributed by atoms with Crippen LogP contribution in [0.15, 0.2) is 23.4 Å². The highest BCUT2D eigenvalue weighted by Gasteiger charge is 2.34. The Morgan fingerprint density at radius 3 is 2.95 bits per heavy atom. The van der Waals surface area contributed by atoms with E-state index >= 15 is 0 Å². The van der Waals surface area contributed by atoms with E-state index in [-0.39, 0.29) is 29.5 Å². The normalized spacial score (nSPS) is 22.3. The monoisotopic (exact) mass is 319 g/mol. The molecule has 2 amide bonds. The minimum absolute atomic E-state index is 0.0227. The summed E-state index contributed by atoms with van der Waals surface area (Å²) in [7, 11) is 1.74. The summed E-state index contributed by atoms with van der Waals surface area (Å²) in [5, 5.41) is 3.52. The van der Waals surface area contributed by atoms with Crippen molar-refractivity contribution in [3.05, 3.63) is 18.3 Å². The molecule has 0 spiro atoms. The zero-order chi connectivity index (χ0) is 15.5. The zero-order valence-electron chi connectivity index (χ0n) is 12.7. The van der Waals surface area contributed by atoms with Gasteiger partial charge in [-0.1, -0.05) is 31.0 Å². The lowest BCUT2D eigenvalue weighted by Crippen LogP contribution is -2.43. The van der Waals surface area contributed by atoms with Gasteiger partial charge in [-0.25, -0.2) is 4.98 Å². The number of hydrogen-bond donors (Lipinski definition) is 1. The topological polar surface area (TPSA) is 62.3 Å². The fourth-order valence-corrected chi connectivity index (χ4v) is 4.29. The van der Waals surface area contributed by atoms with Crippen LogP contribution in [0, 0.1) is 0 Å². The van der Waals surface area contributed by atoms with Crippen molar-refractivity contribution in [2.24, 2.45) is 0 Å². The number of nitrogens with one attached hydrogen (secondary N) is 1. The van der Waals surface area contributed by atoms with Crippen LogP contribution in [0.2, 0.25) is 0 Å². The van der Waals surface area contributed by atoms with E-state index in [0.717, 1.165) is 23.6 Å². The minimum atomic E-state index is -0.379. The number of rotatable bonds is 3. The Morgan fingerprint density at radius 1 is 1.41 bits per heavy atom. The molecule has 1 N–H and O–H groups in total. The SMILES string of the molecule is CN1C(=O)C(CC(=O)NC2CCCCC2)Sc2ncccc21. The highest BCUT2D eigenvalue weighted by molar-refractivity contribution is 8.00. The fraction of sp³-hybridized carbons (Fsp3) is 0.562. The molecule has 3 rings (SSSR count). The summed E-state index contributed by atoms with van der Waals surface area (Å²) in [5.74, 6) is -0.0465. The van der Waals surface area contributed by atoms with Gasteiger partial charge in [0, 0.05) is 25.7 Å². The standard InChI is InChI=1S/C16H21N3O2S/c1-19-12-8-5-9-17-15(12)22-13(16(19)21)10-14(20)18-11-6-3-2-4-7-11/h5,8-9,11,13H,2-4,6-7,10H2,1H3,(H,18,20). The molecular formula is C16H21N3O2S. The van der Waals surface area contributed by atoms with E-state index in [1.165, 1.54) is 31.0 Å². The minimum Gasteiger partial charge on any atom is -0.353 e. The fourth-order valence-electron chi connectivity index (χ4n) is 3.08. The lowest BCUT2D eigenvalue weighted by molar-refractivity contribution is -0.125. The quantitative estimate of drug-likeness (QED) is 0.929. The Balaban J connectivity index is 1.63. The van der Waals surface area contributed by atoms with Crippen molar-refractivity contribution in [3.8, 4) is 0 Å². The summed E-state index contributed by atoms with van der Waals surface area (Å²) >= 11 is 1.40. The Labute approximate surface area is 134 Å². The smallest absolute Gasteiger partial charge is 0.240 e. The third kappa shape index (κ3) is 3.27. The van der Waals surface area contributed by atoms with E-state index in [1.807, 2.05) is 12.1 Å². The molecule has 1 atom stereocenters. The van der Waals surface area contributed by atoms with E-state index in [9.17, 15) is 9.59 Å². The number of nitrogens with zero attached hydrogens (tertiary/aromatic N) is 2. The number of anilines is 1. The van der Waals surface area contributed by atoms with Crippen LogP contribution in [0.3, 0.4) is 0 Å². The number of amides is 2. The Kier molecular flexibility index (Phi) is 4.66. The van der Waals surface area contributed by atoms with Gasteiger partial charge < -0.3 is 10.2 Å². The predicted molar refractivity (Wildman–Crippen MR) is 86.9 cm³/mol. The van der Waals surface area contributed by atoms with Gasteiger partial charge in [0.25, 0.3) is 0 Å². The van der Waals surface area contributed by atoms with Crippen LogP contribution in [-0.4, -0.2) is 35.1 Å². The summed E-state index contributed by atoms with van der Waals surface area (Å²) in [6, 6.07) is 3.98. The molecule has 1 aromatic heterocycles. The predicted octanol–water partition coefficient (Wildman–Crippen LogP) is 2.36. The first-order valence-electron chi connectivity index (χ1n) is 7.84. The molecule has 0 radical (unpaired) electrons. The number of carbonyl (C=O) groups excluding carboxylic acids is 2. The van der Waals surface area contributed by atoms with E-state index in [2.05, 4.69) is 10.3 Å². The maximum atomic E-state index is 12.4. The molecule has 0 saturated heterocycles. The molecular weight excluding hydrogens is 298 g/mol. The van der Waals surface area contributed by atoms with E-state index < -0.39 is 0 Å². The highest BCUT2D eigenvalue weighted by Crippen LogP contribution is 2.37. The number of fused-ring (bicyclic) bond motifs is 1. The number of thioether (sulfide) groups is 1. The van der Waals surface area contributed by atoms with Crippen molar-refractivity contribution in [3.63, 3.8) is 0 Å². The van der Waals surface area contributed by atoms with Gasteiger partial charge in [0.05, 0.1) is 10.9 Å². The average molecular weight is 319 g/mol. The van der Waals surface area contributed by atoms with Crippen molar-refractivity contribution < 1.29 is 9.59 Å². The first kappa shape index (κ1) is 15.3. The summed E-state index contributed by atoms with van der Waals surface area (Å²) in [5.41, 5.74) is 0.821. The van der Waals surface area contributed by atoms with Gasteiger partial charge in [-0.05, 0) is 25.0 Å². The van der Waals surface area contributed by atoms with Crippen LogP contribution in [0.25, 0.3) is 0 Å². The third-order valence-corrected chi connectivity index (χ3v) is 5.50. The molecule has 22 heavy (non-hydrogen) atoms. The molecule has 1 aliphatic heterocycles. The summed E-state index contributed by atoms with van der Waals surface area (Å²) in [6.45, 7) is 0. The average Bonchev–Trinajstić information content (AvgIpc) is 2.53. The van der Waals surface area contributed by atoms with Crippen molar-refractivity contribution in [2.75, 3.05) is 11.9 Å². The van der Waals surface area contributed by atoms with Gasteiger partial charge in [0.2, 0.25) is 11.8 Å². The second kappa shape index (κ2) is 6.69. The zero-order valence-corrected chi connectivity index (χ0v) is 13.6. The van der Waals surface area contributed by atoms with Crippen LogP contribution in [0.4, 0.5) is 5.69 Å². The first-order chi connectivity index (χ1) is 10.6. The number of aromatic nitrogens is 1. The molecule has 118 valence electrons. The second-order valence-corrected chi connectivity index (χ2v) is 7.13. The number of carbonyl (C=O) groups is 2. The molecule has 0 aromatic carbocycles. The number of pyridine rings is 1. The van der Waals surface area contributed by atoms with Gasteiger partial charge in [-0.2, -0.15) is 0 Å². The van der Waals surface area contributed by atoms with Crippen molar-refractivity contribution in [1.29, 1.82) is 0 Å². The first-order valence-corrected chi connectivity index (χ1v) is 8.71. The molecule has 1 saturated carbocycles. The largest absolute Gasteiger partial charge is 0.353 e. The van der Waals surface area contributed by atoms with Gasteiger partial charge in [0.1, 0.15) is 5.03 Å². The van der Waals surface area contributed by atoms with E-state index in [0.29, 0.717) is 0 Å². The van der Waals surface area contributed by atoms with Crippen molar-refractivity contribution in [2.45, 2.75) is 54.8 Å². The van der Waals surface area contributed by atoms with Gasteiger partial charge in [-0.15, -0.1) is 0 Å². The van der Waals surface area contributed by atoms with Gasteiger partial charge >= 0.3 is 0 Å². The summed E-state index contributed by atoms with van der Waals surface area (Å²) in [4.78, 5) is 30.6. The molecule has 5 nitrogen and oxygen atoms in total. The maximum absolute atomic E-state index is 12.4. The lowest BCUT2D eigenvalue weighted by atomic mass is 9.95. The highest BCUT2D eigenvalue weighted by atomic mass is 32.2. The second-order valence-electron chi connectivity index (χ2n) is 5.94.